The number of carbonyl (C=O) groups is 1. The first-order valence-electron chi connectivity index (χ1n) is 11.3. The van der Waals surface area contributed by atoms with Crippen LogP contribution in [-0.4, -0.2) is 27.1 Å². The molecule has 0 radical (unpaired) electrons. The van der Waals surface area contributed by atoms with Crippen molar-refractivity contribution >= 4 is 29.1 Å². The van der Waals surface area contributed by atoms with Gasteiger partial charge in [0, 0.05) is 30.1 Å². The minimum atomic E-state index is -0.932. The number of nitrogens with zero attached hydrogens (tertiary/aromatic N) is 4. The Balaban J connectivity index is 1.68. The predicted molar refractivity (Wildman–Crippen MR) is 135 cm³/mol. The number of aromatic nitrogens is 2. The zero-order valence-corrected chi connectivity index (χ0v) is 20.6. The van der Waals surface area contributed by atoms with Gasteiger partial charge in [-0.15, -0.1) is 0 Å². The number of allylic oxidation sites excluding steroid dienone is 1. The van der Waals surface area contributed by atoms with Crippen molar-refractivity contribution in [2.75, 3.05) is 6.61 Å². The lowest BCUT2D eigenvalue weighted by Gasteiger charge is -2.22. The second-order valence-electron chi connectivity index (χ2n) is 8.10. The van der Waals surface area contributed by atoms with Crippen molar-refractivity contribution in [3.05, 3.63) is 113 Å². The van der Waals surface area contributed by atoms with Crippen molar-refractivity contribution in [1.82, 2.24) is 9.55 Å². The Morgan fingerprint density at radius 2 is 2.11 bits per heavy atom. The van der Waals surface area contributed by atoms with Gasteiger partial charge in [0.2, 0.25) is 0 Å². The molecular formula is C26H20N4O6S. The number of furan rings is 1. The van der Waals surface area contributed by atoms with Crippen LogP contribution < -0.4 is 14.9 Å². The van der Waals surface area contributed by atoms with Gasteiger partial charge < -0.3 is 9.15 Å². The molecule has 0 saturated carbocycles. The molecule has 186 valence electrons. The lowest BCUT2D eigenvalue weighted by molar-refractivity contribution is -0.384. The van der Waals surface area contributed by atoms with Crippen LogP contribution in [0.15, 0.2) is 86.4 Å². The maximum atomic E-state index is 13.6. The standard InChI is InChI=1S/C26H20N4O6S/c1-3-35-25(32)22-15(2)28-26-29(24(31)21(37-26)12-16-6-5-11-27-14-16)23(22)20-10-9-19(36-20)17-7-4-8-18(13-17)30(33)34/h4-14,23H,3H2,1-2H3/b21-12-/t23-/m1/s1. The van der Waals surface area contributed by atoms with E-state index in [1.54, 1.807) is 62.6 Å². The Labute approximate surface area is 213 Å². The van der Waals surface area contributed by atoms with Gasteiger partial charge in [-0.1, -0.05) is 29.5 Å². The van der Waals surface area contributed by atoms with E-state index in [0.717, 1.165) is 5.56 Å². The van der Waals surface area contributed by atoms with Gasteiger partial charge in [0.15, 0.2) is 4.80 Å². The van der Waals surface area contributed by atoms with E-state index in [1.165, 1.54) is 28.0 Å². The summed E-state index contributed by atoms with van der Waals surface area (Å²) in [6.45, 7) is 3.52. The summed E-state index contributed by atoms with van der Waals surface area (Å²) in [5.74, 6) is 0.0468. The molecule has 1 aliphatic rings. The van der Waals surface area contributed by atoms with Crippen molar-refractivity contribution in [3.63, 3.8) is 0 Å². The van der Waals surface area contributed by atoms with Gasteiger partial charge in [-0.3, -0.25) is 24.5 Å². The van der Waals surface area contributed by atoms with Crippen molar-refractivity contribution in [1.29, 1.82) is 0 Å². The van der Waals surface area contributed by atoms with Crippen LogP contribution >= 0.6 is 11.3 Å². The summed E-state index contributed by atoms with van der Waals surface area (Å²) in [6.07, 6.45) is 5.00. The second-order valence-corrected chi connectivity index (χ2v) is 9.11. The number of esters is 1. The summed E-state index contributed by atoms with van der Waals surface area (Å²) < 4.78 is 13.2. The minimum Gasteiger partial charge on any atom is -0.463 e. The van der Waals surface area contributed by atoms with E-state index in [0.29, 0.717) is 32.1 Å². The lowest BCUT2D eigenvalue weighted by Crippen LogP contribution is -2.39. The van der Waals surface area contributed by atoms with E-state index in [2.05, 4.69) is 9.98 Å². The molecule has 1 aliphatic heterocycles. The molecule has 0 bridgehead atoms. The van der Waals surface area contributed by atoms with E-state index in [1.807, 2.05) is 6.07 Å². The van der Waals surface area contributed by atoms with Gasteiger partial charge >= 0.3 is 5.97 Å². The molecule has 1 aromatic carbocycles. The molecule has 0 spiro atoms. The summed E-state index contributed by atoms with van der Waals surface area (Å²) >= 11 is 1.19. The fourth-order valence-corrected chi connectivity index (χ4v) is 5.15. The Kier molecular flexibility index (Phi) is 6.36. The Bertz CT molecular complexity index is 1730. The third-order valence-corrected chi connectivity index (χ3v) is 6.72. The molecule has 0 aliphatic carbocycles. The number of thiazole rings is 1. The first-order chi connectivity index (χ1) is 17.9. The summed E-state index contributed by atoms with van der Waals surface area (Å²) in [7, 11) is 0. The topological polar surface area (TPSA) is 130 Å². The summed E-state index contributed by atoms with van der Waals surface area (Å²) in [5, 5.41) is 11.2. The number of ether oxygens (including phenoxy) is 1. The largest absolute Gasteiger partial charge is 0.463 e. The summed E-state index contributed by atoms with van der Waals surface area (Å²) in [5.41, 5.74) is 1.40. The van der Waals surface area contributed by atoms with Crippen LogP contribution in [0, 0.1) is 10.1 Å². The molecule has 11 heteroatoms. The van der Waals surface area contributed by atoms with Crippen molar-refractivity contribution in [2.24, 2.45) is 4.99 Å². The maximum Gasteiger partial charge on any atom is 0.338 e. The van der Waals surface area contributed by atoms with Crippen LogP contribution in [0.3, 0.4) is 0 Å². The van der Waals surface area contributed by atoms with Gasteiger partial charge in [-0.2, -0.15) is 0 Å². The molecule has 0 unspecified atom stereocenters. The smallest absolute Gasteiger partial charge is 0.338 e. The summed E-state index contributed by atoms with van der Waals surface area (Å²) in [6, 6.07) is 12.0. The molecule has 5 rings (SSSR count). The SMILES string of the molecule is CCOC(=O)C1=C(C)N=c2s/c(=C\c3cccnc3)c(=O)n2[C@@H]1c1ccc(-c2cccc([N+](=O)[O-])c2)o1. The second kappa shape index (κ2) is 9.78. The monoisotopic (exact) mass is 516 g/mol. The predicted octanol–water partition coefficient (Wildman–Crippen LogP) is 3.36. The van der Waals surface area contributed by atoms with Crippen LogP contribution in [-0.2, 0) is 9.53 Å². The average Bonchev–Trinajstić information content (AvgIpc) is 3.49. The molecule has 0 saturated heterocycles. The van der Waals surface area contributed by atoms with E-state index in [-0.39, 0.29) is 23.4 Å². The first kappa shape index (κ1) is 24.1. The van der Waals surface area contributed by atoms with Crippen LogP contribution in [0.5, 0.6) is 0 Å². The van der Waals surface area contributed by atoms with E-state index >= 15 is 0 Å². The third kappa shape index (κ3) is 4.52. The third-order valence-electron chi connectivity index (χ3n) is 5.74. The lowest BCUT2D eigenvalue weighted by atomic mass is 10.0. The molecule has 0 fully saturated rings. The average molecular weight is 517 g/mol. The van der Waals surface area contributed by atoms with Crippen molar-refractivity contribution < 1.29 is 18.9 Å². The fraction of sp³-hybridized carbons (Fsp3) is 0.154. The number of hydrogen-bond donors (Lipinski definition) is 0. The number of hydrogen-bond acceptors (Lipinski definition) is 9. The number of non-ortho nitro benzene ring substituents is 1. The molecular weight excluding hydrogens is 496 g/mol. The number of nitro groups is 1. The molecule has 4 aromatic rings. The number of nitro benzene ring substituents is 1. The van der Waals surface area contributed by atoms with Crippen molar-refractivity contribution in [3.8, 4) is 11.3 Å². The van der Waals surface area contributed by atoms with Gasteiger partial charge in [-0.05, 0) is 43.7 Å². The van der Waals surface area contributed by atoms with Gasteiger partial charge in [0.1, 0.15) is 17.6 Å². The molecule has 10 nitrogen and oxygen atoms in total. The normalized spacial score (nSPS) is 15.3. The van der Waals surface area contributed by atoms with Crippen molar-refractivity contribution in [2.45, 2.75) is 19.9 Å². The number of benzene rings is 1. The number of pyridine rings is 1. The first-order valence-corrected chi connectivity index (χ1v) is 12.1. The highest BCUT2D eigenvalue weighted by Crippen LogP contribution is 2.34. The van der Waals surface area contributed by atoms with E-state index in [4.69, 9.17) is 9.15 Å². The molecule has 37 heavy (non-hydrogen) atoms. The zero-order chi connectivity index (χ0) is 26.1. The molecule has 4 heterocycles. The fourth-order valence-electron chi connectivity index (χ4n) is 4.10. The van der Waals surface area contributed by atoms with Crippen LogP contribution in [0.25, 0.3) is 17.4 Å². The minimum absolute atomic E-state index is 0.0817. The highest BCUT2D eigenvalue weighted by atomic mass is 32.1. The van der Waals surface area contributed by atoms with Gasteiger partial charge in [0.25, 0.3) is 11.2 Å². The summed E-state index contributed by atoms with van der Waals surface area (Å²) in [4.78, 5) is 46.4. The number of rotatable bonds is 6. The molecule has 1 atom stereocenters. The van der Waals surface area contributed by atoms with Gasteiger partial charge in [-0.25, -0.2) is 9.79 Å². The highest BCUT2D eigenvalue weighted by Gasteiger charge is 2.35. The van der Waals surface area contributed by atoms with E-state index in [9.17, 15) is 19.7 Å². The number of carbonyl (C=O) groups excluding carboxylic acids is 1. The Morgan fingerprint density at radius 3 is 2.84 bits per heavy atom. The molecule has 0 amide bonds. The Morgan fingerprint density at radius 1 is 1.27 bits per heavy atom. The molecule has 0 N–H and O–H groups in total. The quantitative estimate of drug-likeness (QED) is 0.218. The van der Waals surface area contributed by atoms with Crippen LogP contribution in [0.1, 0.15) is 31.2 Å². The zero-order valence-electron chi connectivity index (χ0n) is 19.8. The Hall–Kier alpha value is -4.64. The molecule has 3 aromatic heterocycles. The highest BCUT2D eigenvalue weighted by molar-refractivity contribution is 7.07. The van der Waals surface area contributed by atoms with Crippen LogP contribution in [0.2, 0.25) is 0 Å². The van der Waals surface area contributed by atoms with E-state index < -0.39 is 16.9 Å². The van der Waals surface area contributed by atoms with Crippen LogP contribution in [0.4, 0.5) is 5.69 Å². The number of fused-ring (bicyclic) bond motifs is 1. The maximum absolute atomic E-state index is 13.6. The van der Waals surface area contributed by atoms with Gasteiger partial charge in [0.05, 0.1) is 27.3 Å².